The van der Waals surface area contributed by atoms with Crippen LogP contribution in [0, 0.1) is 11.8 Å². The maximum absolute atomic E-state index is 4.24. The van der Waals surface area contributed by atoms with Gasteiger partial charge in [0.05, 0.1) is 0 Å². The first-order valence-electron chi connectivity index (χ1n) is 6.82. The Balaban J connectivity index is 2.20. The van der Waals surface area contributed by atoms with Gasteiger partial charge in [-0.15, -0.1) is 0 Å². The maximum atomic E-state index is 4.24. The van der Waals surface area contributed by atoms with Gasteiger partial charge in [0.15, 0.2) is 5.96 Å². The molecule has 0 aromatic rings. The molecule has 0 aliphatic carbocycles. The average molecular weight is 240 g/mol. The molecule has 4 nitrogen and oxygen atoms in total. The van der Waals surface area contributed by atoms with Crippen LogP contribution in [0.2, 0.25) is 0 Å². The van der Waals surface area contributed by atoms with Crippen molar-refractivity contribution in [3.8, 4) is 0 Å². The molecule has 1 rings (SSSR count). The van der Waals surface area contributed by atoms with Crippen LogP contribution in [0.15, 0.2) is 4.99 Å². The van der Waals surface area contributed by atoms with Crippen molar-refractivity contribution in [1.29, 1.82) is 0 Å². The van der Waals surface area contributed by atoms with Gasteiger partial charge in [0, 0.05) is 26.7 Å². The summed E-state index contributed by atoms with van der Waals surface area (Å²) in [5.41, 5.74) is 0. The first-order chi connectivity index (χ1) is 8.15. The van der Waals surface area contributed by atoms with E-state index in [4.69, 9.17) is 0 Å². The third-order valence-corrected chi connectivity index (χ3v) is 3.28. The molecular weight excluding hydrogens is 212 g/mol. The van der Waals surface area contributed by atoms with E-state index < -0.39 is 0 Å². The Labute approximate surface area is 106 Å². The standard InChI is InChI=1S/C13H28N4/c1-5-17-7-6-12(10-17)9-16-13(14-4)15-8-11(2)3/h11-12H,5-10H2,1-4H3,(H2,14,15,16). The summed E-state index contributed by atoms with van der Waals surface area (Å²) in [7, 11) is 1.84. The number of rotatable bonds is 5. The zero-order valence-corrected chi connectivity index (χ0v) is 11.8. The molecule has 1 heterocycles. The van der Waals surface area contributed by atoms with Crippen LogP contribution in [0.3, 0.4) is 0 Å². The SMILES string of the molecule is CCN1CCC(CNC(=NC)NCC(C)C)C1. The van der Waals surface area contributed by atoms with Crippen LogP contribution in [0.25, 0.3) is 0 Å². The monoisotopic (exact) mass is 240 g/mol. The average Bonchev–Trinajstić information content (AvgIpc) is 2.77. The fourth-order valence-electron chi connectivity index (χ4n) is 2.13. The van der Waals surface area contributed by atoms with Crippen LogP contribution in [-0.2, 0) is 0 Å². The highest BCUT2D eigenvalue weighted by Crippen LogP contribution is 2.14. The quantitative estimate of drug-likeness (QED) is 0.559. The number of nitrogens with zero attached hydrogens (tertiary/aromatic N) is 2. The zero-order chi connectivity index (χ0) is 12.7. The Morgan fingerprint density at radius 3 is 2.71 bits per heavy atom. The van der Waals surface area contributed by atoms with Crippen molar-refractivity contribution in [3.05, 3.63) is 0 Å². The molecule has 100 valence electrons. The van der Waals surface area contributed by atoms with Crippen molar-refractivity contribution in [2.75, 3.05) is 39.8 Å². The summed E-state index contributed by atoms with van der Waals surface area (Å²) in [5, 5.41) is 6.77. The summed E-state index contributed by atoms with van der Waals surface area (Å²) in [6, 6.07) is 0. The van der Waals surface area contributed by atoms with Gasteiger partial charge in [-0.3, -0.25) is 4.99 Å². The minimum atomic E-state index is 0.649. The van der Waals surface area contributed by atoms with Crippen molar-refractivity contribution in [2.24, 2.45) is 16.8 Å². The molecule has 17 heavy (non-hydrogen) atoms. The Morgan fingerprint density at radius 1 is 1.41 bits per heavy atom. The van der Waals surface area contributed by atoms with Gasteiger partial charge in [0.1, 0.15) is 0 Å². The highest BCUT2D eigenvalue weighted by atomic mass is 15.2. The summed E-state index contributed by atoms with van der Waals surface area (Å²) >= 11 is 0. The van der Waals surface area contributed by atoms with Gasteiger partial charge in [-0.2, -0.15) is 0 Å². The van der Waals surface area contributed by atoms with Gasteiger partial charge in [-0.05, 0) is 31.3 Å². The first kappa shape index (κ1) is 14.3. The lowest BCUT2D eigenvalue weighted by Gasteiger charge is -2.17. The molecule has 1 aliphatic heterocycles. The summed E-state index contributed by atoms with van der Waals surface area (Å²) in [6.45, 7) is 12.3. The Hall–Kier alpha value is -0.770. The van der Waals surface area contributed by atoms with Gasteiger partial charge < -0.3 is 15.5 Å². The molecule has 0 bridgehead atoms. The lowest BCUT2D eigenvalue weighted by Crippen LogP contribution is -2.41. The summed E-state index contributed by atoms with van der Waals surface area (Å²) in [5.74, 6) is 2.36. The number of hydrogen-bond acceptors (Lipinski definition) is 2. The van der Waals surface area contributed by atoms with Crippen LogP contribution >= 0.6 is 0 Å². The van der Waals surface area contributed by atoms with E-state index in [1.807, 2.05) is 7.05 Å². The van der Waals surface area contributed by atoms with Crippen LogP contribution in [0.1, 0.15) is 27.2 Å². The minimum Gasteiger partial charge on any atom is -0.356 e. The molecule has 2 N–H and O–H groups in total. The van der Waals surface area contributed by atoms with E-state index in [2.05, 4.69) is 41.3 Å². The predicted octanol–water partition coefficient (Wildman–Crippen LogP) is 1.15. The van der Waals surface area contributed by atoms with Crippen LogP contribution in [0.5, 0.6) is 0 Å². The molecule has 0 saturated carbocycles. The molecule has 0 aromatic carbocycles. The Kier molecular flexibility index (Phi) is 6.34. The normalized spacial score (nSPS) is 22.2. The second kappa shape index (κ2) is 7.54. The second-order valence-corrected chi connectivity index (χ2v) is 5.28. The molecule has 1 unspecified atom stereocenters. The van der Waals surface area contributed by atoms with E-state index in [1.54, 1.807) is 0 Å². The highest BCUT2D eigenvalue weighted by molar-refractivity contribution is 5.79. The van der Waals surface area contributed by atoms with E-state index in [0.717, 1.165) is 25.0 Å². The molecule has 0 aromatic heterocycles. The van der Waals surface area contributed by atoms with Gasteiger partial charge in [0.2, 0.25) is 0 Å². The van der Waals surface area contributed by atoms with E-state index in [9.17, 15) is 0 Å². The highest BCUT2D eigenvalue weighted by Gasteiger charge is 2.20. The largest absolute Gasteiger partial charge is 0.356 e. The number of aliphatic imine (C=N–C) groups is 1. The predicted molar refractivity (Wildman–Crippen MR) is 74.4 cm³/mol. The third kappa shape index (κ3) is 5.39. The lowest BCUT2D eigenvalue weighted by atomic mass is 10.1. The summed E-state index contributed by atoms with van der Waals surface area (Å²) < 4.78 is 0. The van der Waals surface area contributed by atoms with Crippen molar-refractivity contribution in [2.45, 2.75) is 27.2 Å². The fraction of sp³-hybridized carbons (Fsp3) is 0.923. The molecule has 1 atom stereocenters. The fourth-order valence-corrected chi connectivity index (χ4v) is 2.13. The Bertz CT molecular complexity index is 238. The second-order valence-electron chi connectivity index (χ2n) is 5.28. The van der Waals surface area contributed by atoms with Crippen molar-refractivity contribution in [1.82, 2.24) is 15.5 Å². The van der Waals surface area contributed by atoms with Crippen LogP contribution in [-0.4, -0.2) is 50.6 Å². The van der Waals surface area contributed by atoms with Gasteiger partial charge in [-0.25, -0.2) is 0 Å². The molecule has 0 amide bonds. The first-order valence-corrected chi connectivity index (χ1v) is 6.82. The molecular formula is C13H28N4. The van der Waals surface area contributed by atoms with Crippen LogP contribution in [0.4, 0.5) is 0 Å². The van der Waals surface area contributed by atoms with Gasteiger partial charge in [0.25, 0.3) is 0 Å². The number of guanidine groups is 1. The number of likely N-dealkylation sites (tertiary alicyclic amines) is 1. The number of nitrogens with one attached hydrogen (secondary N) is 2. The lowest BCUT2D eigenvalue weighted by molar-refractivity contribution is 0.341. The van der Waals surface area contributed by atoms with E-state index in [1.165, 1.54) is 26.1 Å². The van der Waals surface area contributed by atoms with Crippen molar-refractivity contribution < 1.29 is 0 Å². The molecule has 1 fully saturated rings. The number of hydrogen-bond donors (Lipinski definition) is 2. The van der Waals surface area contributed by atoms with E-state index in [-0.39, 0.29) is 0 Å². The minimum absolute atomic E-state index is 0.649. The molecule has 0 radical (unpaired) electrons. The molecule has 1 saturated heterocycles. The smallest absolute Gasteiger partial charge is 0.190 e. The van der Waals surface area contributed by atoms with Crippen molar-refractivity contribution in [3.63, 3.8) is 0 Å². The third-order valence-electron chi connectivity index (χ3n) is 3.28. The van der Waals surface area contributed by atoms with Gasteiger partial charge >= 0.3 is 0 Å². The topological polar surface area (TPSA) is 39.7 Å². The Morgan fingerprint density at radius 2 is 2.18 bits per heavy atom. The van der Waals surface area contributed by atoms with E-state index >= 15 is 0 Å². The summed E-state index contributed by atoms with van der Waals surface area (Å²) in [6.07, 6.45) is 1.31. The molecule has 0 spiro atoms. The summed E-state index contributed by atoms with van der Waals surface area (Å²) in [4.78, 5) is 6.75. The molecule has 1 aliphatic rings. The van der Waals surface area contributed by atoms with Crippen LogP contribution < -0.4 is 10.6 Å². The van der Waals surface area contributed by atoms with Crippen molar-refractivity contribution >= 4 is 5.96 Å². The maximum Gasteiger partial charge on any atom is 0.190 e. The zero-order valence-electron chi connectivity index (χ0n) is 11.8. The van der Waals surface area contributed by atoms with E-state index in [0.29, 0.717) is 5.92 Å². The molecule has 4 heteroatoms. The van der Waals surface area contributed by atoms with Gasteiger partial charge in [-0.1, -0.05) is 20.8 Å².